The molecule has 0 aliphatic carbocycles. The van der Waals surface area contributed by atoms with Crippen LogP contribution in [0.25, 0.3) is 0 Å². The van der Waals surface area contributed by atoms with E-state index in [2.05, 4.69) is 10.0 Å². The van der Waals surface area contributed by atoms with E-state index in [1.54, 1.807) is 19.1 Å². The second-order valence-electron chi connectivity index (χ2n) is 6.94. The molecule has 3 rings (SSSR count). The second-order valence-corrected chi connectivity index (χ2v) is 8.62. The number of nitrogens with two attached hydrogens (primary N) is 1. The minimum atomic E-state index is -3.91. The van der Waals surface area contributed by atoms with Crippen molar-refractivity contribution < 1.29 is 22.4 Å². The number of nitrogens with one attached hydrogen (secondary N) is 2. The predicted octanol–water partition coefficient (Wildman–Crippen LogP) is 3.59. The van der Waals surface area contributed by atoms with E-state index >= 15 is 0 Å². The van der Waals surface area contributed by atoms with Crippen molar-refractivity contribution in [1.29, 1.82) is 0 Å². The Bertz CT molecular complexity index is 1270. The van der Waals surface area contributed by atoms with Crippen molar-refractivity contribution in [3.63, 3.8) is 0 Å². The summed E-state index contributed by atoms with van der Waals surface area (Å²) in [6.45, 7) is 3.18. The van der Waals surface area contributed by atoms with Gasteiger partial charge < -0.3 is 11.1 Å². The number of benzene rings is 3. The fourth-order valence-electron chi connectivity index (χ4n) is 2.91. The highest BCUT2D eigenvalue weighted by atomic mass is 32.2. The number of amides is 2. The van der Waals surface area contributed by atoms with Crippen molar-refractivity contribution in [3.8, 4) is 0 Å². The van der Waals surface area contributed by atoms with Crippen molar-refractivity contribution >= 4 is 33.2 Å². The maximum absolute atomic E-state index is 13.4. The Balaban J connectivity index is 1.72. The fraction of sp³-hybridized carbons (Fsp3) is 0.0909. The number of rotatable bonds is 6. The lowest BCUT2D eigenvalue weighted by molar-refractivity contribution is 0.0997. The first kappa shape index (κ1) is 22.0. The van der Waals surface area contributed by atoms with E-state index in [0.29, 0.717) is 22.4 Å². The molecule has 160 valence electrons. The van der Waals surface area contributed by atoms with E-state index in [1.807, 2.05) is 0 Å². The summed E-state index contributed by atoms with van der Waals surface area (Å²) in [5.41, 5.74) is 7.53. The third-order valence-corrected chi connectivity index (χ3v) is 5.97. The van der Waals surface area contributed by atoms with Crippen molar-refractivity contribution in [1.82, 2.24) is 0 Å². The van der Waals surface area contributed by atoms with Crippen LogP contribution >= 0.6 is 0 Å². The molecular formula is C22H20FN3O4S. The molecule has 3 aromatic carbocycles. The highest BCUT2D eigenvalue weighted by molar-refractivity contribution is 7.92. The molecule has 4 N–H and O–H groups in total. The van der Waals surface area contributed by atoms with E-state index < -0.39 is 27.7 Å². The van der Waals surface area contributed by atoms with Gasteiger partial charge in [-0.05, 0) is 85.6 Å². The average molecular weight is 441 g/mol. The molecule has 2 amide bonds. The molecule has 0 atom stereocenters. The van der Waals surface area contributed by atoms with Crippen LogP contribution in [0.15, 0.2) is 65.6 Å². The zero-order chi connectivity index (χ0) is 22.8. The topological polar surface area (TPSA) is 118 Å². The summed E-state index contributed by atoms with van der Waals surface area (Å²) in [7, 11) is -3.91. The van der Waals surface area contributed by atoms with Crippen molar-refractivity contribution in [2.24, 2.45) is 5.73 Å². The van der Waals surface area contributed by atoms with Gasteiger partial charge in [0.25, 0.3) is 15.9 Å². The van der Waals surface area contributed by atoms with Crippen LogP contribution in [0.4, 0.5) is 15.8 Å². The Labute approximate surface area is 179 Å². The number of primary amides is 1. The minimum Gasteiger partial charge on any atom is -0.366 e. The molecule has 9 heteroatoms. The molecule has 0 saturated heterocycles. The van der Waals surface area contributed by atoms with Crippen LogP contribution in [0.1, 0.15) is 31.8 Å². The average Bonchev–Trinajstić information content (AvgIpc) is 2.70. The van der Waals surface area contributed by atoms with Crippen LogP contribution in [0.2, 0.25) is 0 Å². The molecule has 3 aromatic rings. The molecule has 0 unspecified atom stereocenters. The molecule has 0 aromatic heterocycles. The monoisotopic (exact) mass is 441 g/mol. The summed E-state index contributed by atoms with van der Waals surface area (Å²) >= 11 is 0. The lowest BCUT2D eigenvalue weighted by Gasteiger charge is -2.11. The number of sulfonamides is 1. The van der Waals surface area contributed by atoms with Gasteiger partial charge in [0.1, 0.15) is 5.82 Å². The summed E-state index contributed by atoms with van der Waals surface area (Å²) in [5, 5.41) is 2.71. The standard InChI is InChI=1S/C22H20FN3O4S/c1-13-11-17(7-9-19(13)21(24)27)25-22(28)15-3-5-16(6-4-15)26-31(29,30)18-8-10-20(23)14(2)12-18/h3-12,26H,1-2H3,(H2,24,27)(H,25,28). The first-order valence-corrected chi connectivity index (χ1v) is 10.7. The lowest BCUT2D eigenvalue weighted by atomic mass is 10.1. The molecule has 0 spiro atoms. The van der Waals surface area contributed by atoms with E-state index in [-0.39, 0.29) is 16.1 Å². The van der Waals surface area contributed by atoms with Crippen molar-refractivity contribution in [2.75, 3.05) is 10.0 Å². The van der Waals surface area contributed by atoms with Crippen LogP contribution in [0.3, 0.4) is 0 Å². The first-order chi connectivity index (χ1) is 14.6. The smallest absolute Gasteiger partial charge is 0.261 e. The number of halogens is 1. The summed E-state index contributed by atoms with van der Waals surface area (Å²) < 4.78 is 40.8. The van der Waals surface area contributed by atoms with E-state index in [4.69, 9.17) is 5.73 Å². The quantitative estimate of drug-likeness (QED) is 0.542. The van der Waals surface area contributed by atoms with Gasteiger partial charge in [0.15, 0.2) is 0 Å². The Kier molecular flexibility index (Phi) is 6.07. The Hall–Kier alpha value is -3.72. The third-order valence-electron chi connectivity index (χ3n) is 4.59. The zero-order valence-corrected chi connectivity index (χ0v) is 17.6. The largest absolute Gasteiger partial charge is 0.366 e. The molecule has 7 nitrogen and oxygen atoms in total. The number of anilines is 2. The van der Waals surface area contributed by atoms with Gasteiger partial charge in [-0.15, -0.1) is 0 Å². The molecule has 0 aliphatic rings. The minimum absolute atomic E-state index is 0.0667. The second kappa shape index (κ2) is 8.57. The highest BCUT2D eigenvalue weighted by Gasteiger charge is 2.16. The van der Waals surface area contributed by atoms with Crippen LogP contribution in [0.5, 0.6) is 0 Å². The van der Waals surface area contributed by atoms with Crippen LogP contribution in [-0.4, -0.2) is 20.2 Å². The van der Waals surface area contributed by atoms with Gasteiger partial charge in [-0.1, -0.05) is 0 Å². The van der Waals surface area contributed by atoms with E-state index in [0.717, 1.165) is 6.07 Å². The molecule has 0 saturated carbocycles. The molecule has 0 bridgehead atoms. The van der Waals surface area contributed by atoms with Gasteiger partial charge in [0.2, 0.25) is 5.91 Å². The normalized spacial score (nSPS) is 11.1. The van der Waals surface area contributed by atoms with Gasteiger partial charge >= 0.3 is 0 Å². The van der Waals surface area contributed by atoms with Gasteiger partial charge in [0, 0.05) is 22.5 Å². The lowest BCUT2D eigenvalue weighted by Crippen LogP contribution is -2.15. The Morgan fingerprint density at radius 3 is 2.10 bits per heavy atom. The Morgan fingerprint density at radius 2 is 1.52 bits per heavy atom. The van der Waals surface area contributed by atoms with E-state index in [1.165, 1.54) is 49.4 Å². The third kappa shape index (κ3) is 5.07. The fourth-order valence-corrected chi connectivity index (χ4v) is 4.05. The number of aryl methyl sites for hydroxylation is 2. The zero-order valence-electron chi connectivity index (χ0n) is 16.8. The first-order valence-electron chi connectivity index (χ1n) is 9.17. The molecule has 0 aliphatic heterocycles. The van der Waals surface area contributed by atoms with Crippen LogP contribution in [0, 0.1) is 19.7 Å². The summed E-state index contributed by atoms with van der Waals surface area (Å²) in [4.78, 5) is 23.7. The van der Waals surface area contributed by atoms with Gasteiger partial charge in [0.05, 0.1) is 4.90 Å². The maximum Gasteiger partial charge on any atom is 0.261 e. The summed E-state index contributed by atoms with van der Waals surface area (Å²) in [6, 6.07) is 14.1. The molecule has 0 fully saturated rings. The predicted molar refractivity (Wildman–Crippen MR) is 116 cm³/mol. The summed E-state index contributed by atoms with van der Waals surface area (Å²) in [5.74, 6) is -1.45. The molecule has 31 heavy (non-hydrogen) atoms. The highest BCUT2D eigenvalue weighted by Crippen LogP contribution is 2.20. The number of carbonyl (C=O) groups excluding carboxylic acids is 2. The van der Waals surface area contributed by atoms with Gasteiger partial charge in [-0.25, -0.2) is 12.8 Å². The van der Waals surface area contributed by atoms with E-state index in [9.17, 15) is 22.4 Å². The molecule has 0 heterocycles. The number of hydrogen-bond donors (Lipinski definition) is 3. The maximum atomic E-state index is 13.4. The van der Waals surface area contributed by atoms with Crippen LogP contribution in [-0.2, 0) is 10.0 Å². The van der Waals surface area contributed by atoms with Crippen LogP contribution < -0.4 is 15.8 Å². The SMILES string of the molecule is Cc1cc(S(=O)(=O)Nc2ccc(C(=O)Nc3ccc(C(N)=O)c(C)c3)cc2)ccc1F. The molecule has 0 radical (unpaired) electrons. The molecular weight excluding hydrogens is 421 g/mol. The summed E-state index contributed by atoms with van der Waals surface area (Å²) in [6.07, 6.45) is 0. The van der Waals surface area contributed by atoms with Gasteiger partial charge in [-0.3, -0.25) is 14.3 Å². The van der Waals surface area contributed by atoms with Crippen molar-refractivity contribution in [3.05, 3.63) is 88.7 Å². The van der Waals surface area contributed by atoms with Gasteiger partial charge in [-0.2, -0.15) is 0 Å². The Morgan fingerprint density at radius 1 is 0.871 bits per heavy atom. The number of hydrogen-bond acceptors (Lipinski definition) is 4. The van der Waals surface area contributed by atoms with Crippen molar-refractivity contribution in [2.45, 2.75) is 18.7 Å². The number of carbonyl (C=O) groups is 2.